The lowest BCUT2D eigenvalue weighted by molar-refractivity contribution is -0.136. The molecule has 1 saturated heterocycles. The van der Waals surface area contributed by atoms with E-state index in [-0.39, 0.29) is 24.2 Å². The van der Waals surface area contributed by atoms with E-state index in [0.717, 1.165) is 48.2 Å². The van der Waals surface area contributed by atoms with Gasteiger partial charge in [-0.2, -0.15) is 35.7 Å². The molecule has 6 rings (SSSR count). The molecule has 198 valence electrons. The van der Waals surface area contributed by atoms with E-state index in [1.165, 1.54) is 23.3 Å². The minimum Gasteiger partial charge on any atom is -0.268 e. The standard InChI is InChI=1S/C26H28F4N4O2S/c1-33-24(13-23(31-33)16-4-8-22(27)9-5-16)18-3-2-17-11-20-6-7-21(12-19(17)10-18)25(20)14-34(15-26(28,29)30)37(35,36)32-25/h4-5,8-10,13,20-21,32H,2-3,6-7,11-12,14-15H2,1H3/t20-,21+,25+/m0/s1. The van der Waals surface area contributed by atoms with Crippen molar-refractivity contribution >= 4 is 15.8 Å². The average molecular weight is 537 g/mol. The summed E-state index contributed by atoms with van der Waals surface area (Å²) in [5.41, 5.74) is 5.26. The molecule has 2 aromatic rings. The van der Waals surface area contributed by atoms with Gasteiger partial charge in [0.25, 0.3) is 10.2 Å². The molecule has 6 nitrogen and oxygen atoms in total. The summed E-state index contributed by atoms with van der Waals surface area (Å²) in [6, 6.07) is 8.20. The summed E-state index contributed by atoms with van der Waals surface area (Å²) in [7, 11) is -2.32. The second-order valence-electron chi connectivity index (χ2n) is 10.8. The van der Waals surface area contributed by atoms with Crippen LogP contribution in [0.15, 0.2) is 47.6 Å². The molecular weight excluding hydrogens is 508 g/mol. The number of hydrogen-bond acceptors (Lipinski definition) is 3. The van der Waals surface area contributed by atoms with Crippen LogP contribution >= 0.6 is 0 Å². The van der Waals surface area contributed by atoms with E-state index in [0.29, 0.717) is 17.1 Å². The third-order valence-electron chi connectivity index (χ3n) is 8.58. The fraction of sp³-hybridized carbons (Fsp3) is 0.500. The summed E-state index contributed by atoms with van der Waals surface area (Å²) in [5.74, 6) is -0.384. The van der Waals surface area contributed by atoms with Crippen molar-refractivity contribution in [2.75, 3.05) is 13.1 Å². The number of nitrogens with one attached hydrogen (secondary N) is 1. The lowest BCUT2D eigenvalue weighted by atomic mass is 9.79. The summed E-state index contributed by atoms with van der Waals surface area (Å²) in [6.45, 7) is -1.60. The van der Waals surface area contributed by atoms with Gasteiger partial charge in [-0.3, -0.25) is 4.68 Å². The normalized spacial score (nSPS) is 29.5. The Hall–Kier alpha value is -2.50. The first-order valence-electron chi connectivity index (χ1n) is 12.5. The van der Waals surface area contributed by atoms with Gasteiger partial charge >= 0.3 is 6.18 Å². The number of nitrogens with zero attached hydrogens (tertiary/aromatic N) is 3. The van der Waals surface area contributed by atoms with Crippen LogP contribution in [0.1, 0.15) is 44.2 Å². The molecule has 1 aliphatic heterocycles. The Morgan fingerprint density at radius 1 is 1.11 bits per heavy atom. The Balaban J connectivity index is 1.29. The van der Waals surface area contributed by atoms with Crippen LogP contribution in [0, 0.1) is 17.7 Å². The Labute approximate surface area is 213 Å². The van der Waals surface area contributed by atoms with Gasteiger partial charge in [0.15, 0.2) is 0 Å². The maximum Gasteiger partial charge on any atom is 0.402 e. The van der Waals surface area contributed by atoms with E-state index in [1.807, 2.05) is 17.8 Å². The predicted octanol–water partition coefficient (Wildman–Crippen LogP) is 4.97. The summed E-state index contributed by atoms with van der Waals surface area (Å²) in [4.78, 5) is 0. The monoisotopic (exact) mass is 536 g/mol. The van der Waals surface area contributed by atoms with Crippen molar-refractivity contribution in [3.05, 3.63) is 59.1 Å². The van der Waals surface area contributed by atoms with Crippen molar-refractivity contribution in [1.82, 2.24) is 18.8 Å². The largest absolute Gasteiger partial charge is 0.402 e. The molecule has 2 bridgehead atoms. The van der Waals surface area contributed by atoms with Gasteiger partial charge in [-0.1, -0.05) is 11.6 Å². The van der Waals surface area contributed by atoms with E-state index in [4.69, 9.17) is 0 Å². The highest BCUT2D eigenvalue weighted by atomic mass is 32.2. The van der Waals surface area contributed by atoms with Crippen LogP contribution in [-0.2, 0) is 17.3 Å². The van der Waals surface area contributed by atoms with Crippen LogP contribution in [0.25, 0.3) is 16.8 Å². The highest BCUT2D eigenvalue weighted by molar-refractivity contribution is 7.87. The molecule has 37 heavy (non-hydrogen) atoms. The molecule has 4 aliphatic rings. The average Bonchev–Trinajstić information content (AvgIpc) is 3.38. The smallest absolute Gasteiger partial charge is 0.268 e. The molecule has 1 aromatic heterocycles. The minimum absolute atomic E-state index is 0.0188. The Morgan fingerprint density at radius 2 is 1.81 bits per heavy atom. The Kier molecular flexibility index (Phi) is 5.70. The number of hydrogen-bond donors (Lipinski definition) is 1. The molecule has 0 amide bonds. The van der Waals surface area contributed by atoms with Gasteiger partial charge in [0.2, 0.25) is 0 Å². The molecule has 2 fully saturated rings. The number of aryl methyl sites for hydroxylation is 1. The van der Waals surface area contributed by atoms with Gasteiger partial charge in [-0.15, -0.1) is 0 Å². The van der Waals surface area contributed by atoms with E-state index in [9.17, 15) is 26.0 Å². The third-order valence-corrected chi connectivity index (χ3v) is 10.2. The maximum absolute atomic E-state index is 13.3. The molecule has 2 heterocycles. The number of rotatable bonds is 3. The molecule has 3 atom stereocenters. The van der Waals surface area contributed by atoms with Crippen LogP contribution in [0.5, 0.6) is 0 Å². The quantitative estimate of drug-likeness (QED) is 0.564. The molecular formula is C26H28F4N4O2S. The van der Waals surface area contributed by atoms with Gasteiger partial charge < -0.3 is 0 Å². The second-order valence-corrected chi connectivity index (χ2v) is 12.4. The Bertz CT molecular complexity index is 1410. The van der Waals surface area contributed by atoms with Gasteiger partial charge in [0.1, 0.15) is 12.4 Å². The third kappa shape index (κ3) is 4.34. The van der Waals surface area contributed by atoms with E-state index < -0.39 is 28.5 Å². The predicted molar refractivity (Wildman–Crippen MR) is 131 cm³/mol. The highest BCUT2D eigenvalue weighted by Gasteiger charge is 2.60. The van der Waals surface area contributed by atoms with Gasteiger partial charge in [0, 0.05) is 19.2 Å². The molecule has 0 unspecified atom stereocenters. The fourth-order valence-electron chi connectivity index (χ4n) is 6.86. The van der Waals surface area contributed by atoms with Crippen LogP contribution in [0.4, 0.5) is 17.6 Å². The van der Waals surface area contributed by atoms with Crippen molar-refractivity contribution in [3.63, 3.8) is 0 Å². The zero-order valence-electron chi connectivity index (χ0n) is 20.4. The molecule has 3 aliphatic carbocycles. The summed E-state index contributed by atoms with van der Waals surface area (Å²) < 4.78 is 83.3. The summed E-state index contributed by atoms with van der Waals surface area (Å²) >= 11 is 0. The fourth-order valence-corrected chi connectivity index (χ4v) is 8.57. The second kappa shape index (κ2) is 8.51. The first-order chi connectivity index (χ1) is 17.4. The zero-order valence-corrected chi connectivity index (χ0v) is 21.2. The van der Waals surface area contributed by atoms with Gasteiger partial charge in [0.05, 0.1) is 16.9 Å². The summed E-state index contributed by atoms with van der Waals surface area (Å²) in [6.07, 6.45) is 2.15. The van der Waals surface area contributed by atoms with E-state index >= 15 is 0 Å². The van der Waals surface area contributed by atoms with Crippen molar-refractivity contribution in [1.29, 1.82) is 0 Å². The molecule has 1 N–H and O–H groups in total. The molecule has 1 saturated carbocycles. The van der Waals surface area contributed by atoms with Gasteiger partial charge in [-0.25, -0.2) is 4.39 Å². The Morgan fingerprint density at radius 3 is 2.51 bits per heavy atom. The maximum atomic E-state index is 13.3. The lowest BCUT2D eigenvalue weighted by Crippen LogP contribution is -2.51. The van der Waals surface area contributed by atoms with Crippen molar-refractivity contribution in [2.24, 2.45) is 18.9 Å². The van der Waals surface area contributed by atoms with Crippen LogP contribution < -0.4 is 4.72 Å². The van der Waals surface area contributed by atoms with Crippen LogP contribution in [-0.4, -0.2) is 47.3 Å². The molecule has 1 spiro atoms. The summed E-state index contributed by atoms with van der Waals surface area (Å²) in [5, 5.41) is 4.62. The number of halogens is 4. The van der Waals surface area contributed by atoms with Gasteiger partial charge in [-0.05, 0) is 91.8 Å². The van der Waals surface area contributed by atoms with E-state index in [1.54, 1.807) is 12.1 Å². The molecule has 11 heteroatoms. The van der Waals surface area contributed by atoms with E-state index in [2.05, 4.69) is 15.9 Å². The first-order valence-corrected chi connectivity index (χ1v) is 14.0. The SMILES string of the molecule is Cn1nc(-c2ccc(F)cc2)cc1C1=CC2=C(CC1)C[C@@H]1CC[C@H](C2)[C@@]12CN(CC(F)(F)F)S(=O)(=O)N2. The topological polar surface area (TPSA) is 67.2 Å². The van der Waals surface area contributed by atoms with Crippen LogP contribution in [0.3, 0.4) is 0 Å². The zero-order chi connectivity index (χ0) is 26.2. The van der Waals surface area contributed by atoms with Crippen molar-refractivity contribution in [2.45, 2.75) is 50.2 Å². The number of allylic oxidation sites excluding steroid dienone is 4. The first kappa shape index (κ1) is 24.8. The molecule has 0 radical (unpaired) electrons. The number of aromatic nitrogens is 2. The van der Waals surface area contributed by atoms with Crippen LogP contribution in [0.2, 0.25) is 0 Å². The highest BCUT2D eigenvalue weighted by Crippen LogP contribution is 2.54. The van der Waals surface area contributed by atoms with Crippen molar-refractivity contribution < 1.29 is 26.0 Å². The van der Waals surface area contributed by atoms with Crippen molar-refractivity contribution in [3.8, 4) is 11.3 Å². The number of alkyl halides is 3. The minimum atomic E-state index is -4.59. The lowest BCUT2D eigenvalue weighted by Gasteiger charge is -2.34. The number of benzene rings is 1. The molecule has 1 aromatic carbocycles.